The van der Waals surface area contributed by atoms with Crippen LogP contribution < -0.4 is 0 Å². The van der Waals surface area contributed by atoms with Crippen molar-refractivity contribution in [2.75, 3.05) is 0 Å². The van der Waals surface area contributed by atoms with E-state index in [2.05, 4.69) is 26.8 Å². The summed E-state index contributed by atoms with van der Waals surface area (Å²) in [6.07, 6.45) is 11.7. The standard InChI is InChI=1S/C15H27Cl/c1-4-8-13(9-7-12-16)14-10-5-6-11-15(14,2)3/h7,12-14H,4-6,8-11H2,1-3H3/b12-7+. The molecule has 1 aliphatic rings. The van der Waals surface area contributed by atoms with Crippen LogP contribution in [0.3, 0.4) is 0 Å². The third kappa shape index (κ3) is 3.80. The topological polar surface area (TPSA) is 0 Å². The molecule has 0 spiro atoms. The van der Waals surface area contributed by atoms with Gasteiger partial charge >= 0.3 is 0 Å². The molecule has 0 heterocycles. The zero-order valence-electron chi connectivity index (χ0n) is 11.1. The summed E-state index contributed by atoms with van der Waals surface area (Å²) in [5.74, 6) is 1.74. The summed E-state index contributed by atoms with van der Waals surface area (Å²) in [5.41, 5.74) is 2.23. The van der Waals surface area contributed by atoms with Crippen LogP contribution >= 0.6 is 11.6 Å². The van der Waals surface area contributed by atoms with Crippen molar-refractivity contribution in [2.24, 2.45) is 17.3 Å². The van der Waals surface area contributed by atoms with E-state index in [0.29, 0.717) is 5.41 Å². The first-order valence-electron chi connectivity index (χ1n) is 6.87. The van der Waals surface area contributed by atoms with Crippen molar-refractivity contribution in [3.63, 3.8) is 0 Å². The molecule has 1 fully saturated rings. The fourth-order valence-corrected chi connectivity index (χ4v) is 3.58. The maximum atomic E-state index is 5.68. The van der Waals surface area contributed by atoms with Crippen LogP contribution in [0, 0.1) is 17.3 Å². The summed E-state index contributed by atoms with van der Waals surface area (Å²) >= 11 is 5.68. The molecule has 1 heteroatoms. The number of hydrogen-bond donors (Lipinski definition) is 0. The number of hydrogen-bond acceptors (Lipinski definition) is 0. The zero-order chi connectivity index (χ0) is 12.0. The fourth-order valence-electron chi connectivity index (χ4n) is 3.48. The molecule has 0 amide bonds. The lowest BCUT2D eigenvalue weighted by Gasteiger charge is -2.43. The van der Waals surface area contributed by atoms with Gasteiger partial charge in [-0.1, -0.05) is 64.1 Å². The third-order valence-corrected chi connectivity index (χ3v) is 4.52. The van der Waals surface area contributed by atoms with E-state index in [1.807, 2.05) is 0 Å². The minimum absolute atomic E-state index is 0.540. The molecule has 0 aromatic rings. The molecular formula is C15H27Cl. The summed E-state index contributed by atoms with van der Waals surface area (Å²) < 4.78 is 0. The maximum absolute atomic E-state index is 5.68. The highest BCUT2D eigenvalue weighted by Gasteiger charge is 2.36. The van der Waals surface area contributed by atoms with E-state index in [9.17, 15) is 0 Å². The van der Waals surface area contributed by atoms with Crippen LogP contribution in [-0.2, 0) is 0 Å². The number of halogens is 1. The molecule has 1 rings (SSSR count). The first kappa shape index (κ1) is 14.1. The number of rotatable bonds is 5. The monoisotopic (exact) mass is 242 g/mol. The Bertz CT molecular complexity index is 217. The summed E-state index contributed by atoms with van der Waals surface area (Å²) in [5, 5.41) is 0. The van der Waals surface area contributed by atoms with Crippen molar-refractivity contribution < 1.29 is 0 Å². The molecule has 16 heavy (non-hydrogen) atoms. The van der Waals surface area contributed by atoms with Crippen molar-refractivity contribution in [3.05, 3.63) is 11.6 Å². The van der Waals surface area contributed by atoms with Gasteiger partial charge in [-0.2, -0.15) is 0 Å². The molecular weight excluding hydrogens is 216 g/mol. The van der Waals surface area contributed by atoms with Crippen LogP contribution in [0.25, 0.3) is 0 Å². The first-order chi connectivity index (χ1) is 7.61. The molecule has 0 nitrogen and oxygen atoms in total. The second kappa shape index (κ2) is 6.69. The molecule has 2 unspecified atom stereocenters. The molecule has 0 N–H and O–H groups in total. The lowest BCUT2D eigenvalue weighted by Crippen LogP contribution is -2.33. The molecule has 1 aliphatic carbocycles. The van der Waals surface area contributed by atoms with Gasteiger partial charge in [0.1, 0.15) is 0 Å². The quantitative estimate of drug-likeness (QED) is 0.575. The molecule has 0 radical (unpaired) electrons. The lowest BCUT2D eigenvalue weighted by atomic mass is 9.62. The van der Waals surface area contributed by atoms with Crippen molar-refractivity contribution in [3.8, 4) is 0 Å². The fraction of sp³-hybridized carbons (Fsp3) is 0.867. The van der Waals surface area contributed by atoms with Crippen LogP contribution in [-0.4, -0.2) is 0 Å². The van der Waals surface area contributed by atoms with Gasteiger partial charge in [0.05, 0.1) is 0 Å². The largest absolute Gasteiger partial charge is 0.0933 e. The SMILES string of the molecule is CCCC(C/C=C/Cl)C1CCCCC1(C)C. The Morgan fingerprint density at radius 1 is 1.38 bits per heavy atom. The smallest absolute Gasteiger partial charge is 0.000256 e. The minimum Gasteiger partial charge on any atom is -0.0933 e. The van der Waals surface area contributed by atoms with Gasteiger partial charge in [0, 0.05) is 5.54 Å². The van der Waals surface area contributed by atoms with Gasteiger partial charge in [-0.15, -0.1) is 0 Å². The Labute approximate surface area is 106 Å². The predicted octanol–water partition coefficient (Wildman–Crippen LogP) is 5.76. The molecule has 0 aromatic heterocycles. The molecule has 2 atom stereocenters. The minimum atomic E-state index is 0.540. The van der Waals surface area contributed by atoms with Crippen molar-refractivity contribution in [2.45, 2.75) is 65.7 Å². The zero-order valence-corrected chi connectivity index (χ0v) is 11.9. The predicted molar refractivity (Wildman–Crippen MR) is 73.7 cm³/mol. The van der Waals surface area contributed by atoms with Gasteiger partial charge in [0.25, 0.3) is 0 Å². The molecule has 94 valence electrons. The normalized spacial score (nSPS) is 27.1. The van der Waals surface area contributed by atoms with Gasteiger partial charge < -0.3 is 0 Å². The second-order valence-corrected chi connectivity index (χ2v) is 6.24. The Balaban J connectivity index is 2.66. The van der Waals surface area contributed by atoms with E-state index in [1.165, 1.54) is 44.9 Å². The molecule has 0 aliphatic heterocycles. The Morgan fingerprint density at radius 3 is 2.69 bits per heavy atom. The van der Waals surface area contributed by atoms with Gasteiger partial charge in [-0.25, -0.2) is 0 Å². The highest BCUT2D eigenvalue weighted by molar-refractivity contribution is 6.25. The van der Waals surface area contributed by atoms with Crippen LogP contribution in [0.5, 0.6) is 0 Å². The Hall–Kier alpha value is 0.0300. The average Bonchev–Trinajstić information content (AvgIpc) is 2.24. The average molecular weight is 243 g/mol. The molecule has 1 saturated carbocycles. The van der Waals surface area contributed by atoms with Crippen LogP contribution in [0.4, 0.5) is 0 Å². The summed E-state index contributed by atoms with van der Waals surface area (Å²) in [6, 6.07) is 0. The third-order valence-electron chi connectivity index (χ3n) is 4.35. The van der Waals surface area contributed by atoms with Gasteiger partial charge in [-0.05, 0) is 36.5 Å². The van der Waals surface area contributed by atoms with E-state index in [1.54, 1.807) is 5.54 Å². The van der Waals surface area contributed by atoms with Crippen molar-refractivity contribution in [1.82, 2.24) is 0 Å². The second-order valence-electron chi connectivity index (χ2n) is 5.99. The van der Waals surface area contributed by atoms with Gasteiger partial charge in [0.15, 0.2) is 0 Å². The maximum Gasteiger partial charge on any atom is 0.000256 e. The summed E-state index contributed by atoms with van der Waals surface area (Å²) in [7, 11) is 0. The molecule has 0 bridgehead atoms. The Kier molecular flexibility index (Phi) is 5.89. The molecule has 0 saturated heterocycles. The van der Waals surface area contributed by atoms with E-state index in [0.717, 1.165) is 11.8 Å². The van der Waals surface area contributed by atoms with E-state index >= 15 is 0 Å². The van der Waals surface area contributed by atoms with E-state index < -0.39 is 0 Å². The van der Waals surface area contributed by atoms with Gasteiger partial charge in [-0.3, -0.25) is 0 Å². The summed E-state index contributed by atoms with van der Waals surface area (Å²) in [6.45, 7) is 7.22. The first-order valence-corrected chi connectivity index (χ1v) is 7.30. The van der Waals surface area contributed by atoms with Crippen LogP contribution in [0.1, 0.15) is 65.7 Å². The number of allylic oxidation sites excluding steroid dienone is 1. The Morgan fingerprint density at radius 2 is 2.12 bits per heavy atom. The highest BCUT2D eigenvalue weighted by atomic mass is 35.5. The van der Waals surface area contributed by atoms with E-state index in [4.69, 9.17) is 11.6 Å². The van der Waals surface area contributed by atoms with Crippen LogP contribution in [0.15, 0.2) is 11.6 Å². The lowest BCUT2D eigenvalue weighted by molar-refractivity contribution is 0.0771. The van der Waals surface area contributed by atoms with Crippen molar-refractivity contribution >= 4 is 11.6 Å². The highest BCUT2D eigenvalue weighted by Crippen LogP contribution is 2.46. The van der Waals surface area contributed by atoms with E-state index in [-0.39, 0.29) is 0 Å². The summed E-state index contributed by atoms with van der Waals surface area (Å²) in [4.78, 5) is 0. The molecule has 0 aromatic carbocycles. The van der Waals surface area contributed by atoms with Gasteiger partial charge in [0.2, 0.25) is 0 Å². The van der Waals surface area contributed by atoms with Crippen molar-refractivity contribution in [1.29, 1.82) is 0 Å². The van der Waals surface area contributed by atoms with Crippen LogP contribution in [0.2, 0.25) is 0 Å².